The van der Waals surface area contributed by atoms with Gasteiger partial charge in [-0.15, -0.1) is 0 Å². The highest BCUT2D eigenvalue weighted by molar-refractivity contribution is 7.91. The Morgan fingerprint density at radius 2 is 1.74 bits per heavy atom. The number of piperidine rings is 1. The van der Waals surface area contributed by atoms with Gasteiger partial charge in [0, 0.05) is 39.0 Å². The van der Waals surface area contributed by atoms with Crippen LogP contribution >= 0.6 is 0 Å². The van der Waals surface area contributed by atoms with Crippen LogP contribution in [-0.2, 0) is 16.0 Å². The second-order valence-electron chi connectivity index (χ2n) is 11.2. The summed E-state index contributed by atoms with van der Waals surface area (Å²) >= 11 is 0. The van der Waals surface area contributed by atoms with Gasteiger partial charge in [0.1, 0.15) is 21.5 Å². The second-order valence-corrected chi connectivity index (χ2v) is 13.5. The van der Waals surface area contributed by atoms with E-state index >= 15 is 0 Å². The number of nitrogens with zero attached hydrogens (tertiary/aromatic N) is 4. The van der Waals surface area contributed by atoms with Crippen LogP contribution in [0.25, 0.3) is 0 Å². The van der Waals surface area contributed by atoms with Crippen molar-refractivity contribution in [2.24, 2.45) is 11.3 Å². The molecular weight excluding hydrogens is 477 g/mol. The standard InChI is InChI=1S/C25H39F3N4O2S/c1-31(17-19-8-6-9-20(11-10-19)35(2,33)34)21-16-22(30-23(29-21)25(26,27)28)32-15-7-14-24(18-32)12-4-3-5-13-24/h16,19-20H,3-15,17-18H2,1-2H3. The van der Waals surface area contributed by atoms with Crippen LogP contribution in [0.4, 0.5) is 24.8 Å². The minimum Gasteiger partial charge on any atom is -0.359 e. The number of anilines is 2. The van der Waals surface area contributed by atoms with Crippen LogP contribution in [0.5, 0.6) is 0 Å². The molecule has 3 aliphatic rings. The summed E-state index contributed by atoms with van der Waals surface area (Å²) in [5, 5.41) is -0.313. The third-order valence-corrected chi connectivity index (χ3v) is 10.1. The summed E-state index contributed by atoms with van der Waals surface area (Å²) in [4.78, 5) is 11.7. The van der Waals surface area contributed by atoms with Crippen molar-refractivity contribution < 1.29 is 21.6 Å². The molecule has 10 heteroatoms. The summed E-state index contributed by atoms with van der Waals surface area (Å²) in [6, 6.07) is 1.72. The number of alkyl halides is 3. The lowest BCUT2D eigenvalue weighted by Gasteiger charge is -2.46. The molecule has 0 bridgehead atoms. The van der Waals surface area contributed by atoms with Crippen molar-refractivity contribution in [1.82, 2.24) is 9.97 Å². The van der Waals surface area contributed by atoms with E-state index in [-0.39, 0.29) is 22.4 Å². The average Bonchev–Trinajstić information content (AvgIpc) is 3.04. The molecule has 1 spiro atoms. The molecule has 1 aromatic heterocycles. The van der Waals surface area contributed by atoms with Crippen LogP contribution in [0.1, 0.15) is 82.9 Å². The zero-order chi connectivity index (χ0) is 25.3. The van der Waals surface area contributed by atoms with Gasteiger partial charge in [-0.05, 0) is 62.7 Å². The predicted octanol–water partition coefficient (Wildman–Crippen LogP) is 5.48. The van der Waals surface area contributed by atoms with Crippen molar-refractivity contribution in [3.8, 4) is 0 Å². The molecule has 6 nitrogen and oxygen atoms in total. The molecule has 0 radical (unpaired) electrons. The molecule has 1 saturated heterocycles. The summed E-state index contributed by atoms with van der Waals surface area (Å²) in [6.07, 6.45) is 8.41. The van der Waals surface area contributed by atoms with E-state index in [1.54, 1.807) is 18.0 Å². The van der Waals surface area contributed by atoms with Crippen molar-refractivity contribution in [3.05, 3.63) is 11.9 Å². The van der Waals surface area contributed by atoms with Gasteiger partial charge in [-0.3, -0.25) is 0 Å². The number of hydrogen-bond donors (Lipinski definition) is 0. The van der Waals surface area contributed by atoms with Crippen molar-refractivity contribution in [2.75, 3.05) is 42.7 Å². The normalized spacial score (nSPS) is 25.9. The number of rotatable bonds is 5. The highest BCUT2D eigenvalue weighted by atomic mass is 32.2. The number of aromatic nitrogens is 2. The molecule has 1 aromatic rings. The maximum absolute atomic E-state index is 13.8. The highest BCUT2D eigenvalue weighted by Gasteiger charge is 2.39. The predicted molar refractivity (Wildman–Crippen MR) is 132 cm³/mol. The Bertz CT molecular complexity index is 974. The van der Waals surface area contributed by atoms with E-state index in [1.807, 2.05) is 4.90 Å². The number of sulfone groups is 1. The Morgan fingerprint density at radius 1 is 1.03 bits per heavy atom. The van der Waals surface area contributed by atoms with Crippen LogP contribution in [0, 0.1) is 11.3 Å². The lowest BCUT2D eigenvalue weighted by molar-refractivity contribution is -0.144. The summed E-state index contributed by atoms with van der Waals surface area (Å²) in [7, 11) is -1.29. The first-order valence-corrected chi connectivity index (χ1v) is 15.0. The zero-order valence-electron chi connectivity index (χ0n) is 21.0. The van der Waals surface area contributed by atoms with Crippen molar-refractivity contribution in [1.29, 1.82) is 0 Å². The van der Waals surface area contributed by atoms with Gasteiger partial charge in [0.15, 0.2) is 0 Å². The molecule has 35 heavy (non-hydrogen) atoms. The second kappa shape index (κ2) is 10.4. The van der Waals surface area contributed by atoms with Crippen molar-refractivity contribution in [2.45, 2.75) is 88.5 Å². The van der Waals surface area contributed by atoms with Gasteiger partial charge in [-0.2, -0.15) is 13.2 Å². The summed E-state index contributed by atoms with van der Waals surface area (Å²) in [5.74, 6) is -0.204. The summed E-state index contributed by atoms with van der Waals surface area (Å²) in [6.45, 7) is 2.03. The number of hydrogen-bond acceptors (Lipinski definition) is 6. The monoisotopic (exact) mass is 516 g/mol. The fraction of sp³-hybridized carbons (Fsp3) is 0.840. The Morgan fingerprint density at radius 3 is 2.43 bits per heavy atom. The Kier molecular flexibility index (Phi) is 7.88. The van der Waals surface area contributed by atoms with Gasteiger partial charge < -0.3 is 9.80 Å². The van der Waals surface area contributed by atoms with Crippen molar-refractivity contribution >= 4 is 21.5 Å². The quantitative estimate of drug-likeness (QED) is 0.483. The molecule has 0 amide bonds. The van der Waals surface area contributed by atoms with Crippen LogP contribution in [0.2, 0.25) is 0 Å². The molecule has 2 aliphatic carbocycles. The van der Waals surface area contributed by atoms with Gasteiger partial charge in [-0.1, -0.05) is 25.7 Å². The average molecular weight is 517 g/mol. The highest BCUT2D eigenvalue weighted by Crippen LogP contribution is 2.44. The van der Waals surface area contributed by atoms with Gasteiger partial charge in [-0.25, -0.2) is 18.4 Å². The zero-order valence-corrected chi connectivity index (χ0v) is 21.8. The maximum Gasteiger partial charge on any atom is 0.451 e. The Labute approximate surface area is 207 Å². The first-order valence-electron chi connectivity index (χ1n) is 13.1. The third kappa shape index (κ3) is 6.60. The Hall–Kier alpha value is -1.58. The summed E-state index contributed by atoms with van der Waals surface area (Å²) in [5.41, 5.74) is 0.197. The van der Waals surface area contributed by atoms with E-state index in [0.29, 0.717) is 31.7 Å². The van der Waals surface area contributed by atoms with Gasteiger partial charge >= 0.3 is 6.18 Å². The molecule has 1 aliphatic heterocycles. The van der Waals surface area contributed by atoms with Crippen LogP contribution in [0.15, 0.2) is 6.07 Å². The number of halogens is 3. The lowest BCUT2D eigenvalue weighted by atomic mass is 9.69. The minimum atomic E-state index is -4.62. The first-order chi connectivity index (χ1) is 16.5. The molecule has 2 unspecified atom stereocenters. The molecular formula is C25H39F3N4O2S. The molecule has 2 atom stereocenters. The molecule has 198 valence electrons. The van der Waals surface area contributed by atoms with E-state index in [1.165, 1.54) is 25.5 Å². The van der Waals surface area contributed by atoms with Crippen LogP contribution in [-0.4, -0.2) is 56.6 Å². The molecule has 4 rings (SSSR count). The lowest BCUT2D eigenvalue weighted by Crippen LogP contribution is -2.45. The van der Waals surface area contributed by atoms with E-state index < -0.39 is 21.8 Å². The minimum absolute atomic E-state index is 0.197. The fourth-order valence-electron chi connectivity index (χ4n) is 6.46. The van der Waals surface area contributed by atoms with Gasteiger partial charge in [0.05, 0.1) is 5.25 Å². The van der Waals surface area contributed by atoms with Crippen LogP contribution in [0.3, 0.4) is 0 Å². The molecule has 2 heterocycles. The molecule has 3 fully saturated rings. The van der Waals surface area contributed by atoms with Crippen molar-refractivity contribution in [3.63, 3.8) is 0 Å². The third-order valence-electron chi connectivity index (χ3n) is 8.42. The van der Waals surface area contributed by atoms with Gasteiger partial charge in [0.25, 0.3) is 0 Å². The van der Waals surface area contributed by atoms with E-state index in [2.05, 4.69) is 9.97 Å². The maximum atomic E-state index is 13.8. The SMILES string of the molecule is CN(CC1CCCC(S(C)(=O)=O)CC1)c1cc(N2CCCC3(CCCCC3)C2)nc(C(F)(F)F)n1. The van der Waals surface area contributed by atoms with Gasteiger partial charge in [0.2, 0.25) is 5.82 Å². The first kappa shape index (κ1) is 26.5. The van der Waals surface area contributed by atoms with E-state index in [9.17, 15) is 21.6 Å². The topological polar surface area (TPSA) is 66.4 Å². The van der Waals surface area contributed by atoms with E-state index in [0.717, 1.165) is 51.5 Å². The van der Waals surface area contributed by atoms with Crippen LogP contribution < -0.4 is 9.80 Å². The smallest absolute Gasteiger partial charge is 0.359 e. The molecule has 2 saturated carbocycles. The largest absolute Gasteiger partial charge is 0.451 e. The van der Waals surface area contributed by atoms with E-state index in [4.69, 9.17) is 0 Å². The fourth-order valence-corrected chi connectivity index (χ4v) is 7.61. The molecule has 0 aromatic carbocycles. The summed E-state index contributed by atoms with van der Waals surface area (Å²) < 4.78 is 65.3. The molecule has 0 N–H and O–H groups in total. The Balaban J connectivity index is 1.53.